The molecule has 0 aliphatic carbocycles. The lowest BCUT2D eigenvalue weighted by molar-refractivity contribution is -0.138. The van der Waals surface area contributed by atoms with Gasteiger partial charge in [-0.05, 0) is 19.1 Å². The zero-order valence-corrected chi connectivity index (χ0v) is 8.23. The minimum Gasteiger partial charge on any atom is -0.480 e. The molecule has 0 aliphatic heterocycles. The summed E-state index contributed by atoms with van der Waals surface area (Å²) in [5.41, 5.74) is 0.618. The Bertz CT molecular complexity index is 351. The lowest BCUT2D eigenvalue weighted by Gasteiger charge is -2.10. The topological polar surface area (TPSA) is 78.4 Å². The summed E-state index contributed by atoms with van der Waals surface area (Å²) >= 11 is 0. The van der Waals surface area contributed by atoms with Gasteiger partial charge in [-0.3, -0.25) is 4.79 Å². The van der Waals surface area contributed by atoms with Crippen molar-refractivity contribution in [1.29, 1.82) is 0 Å². The predicted molar refractivity (Wildman–Crippen MR) is 55.7 cm³/mol. The van der Waals surface area contributed by atoms with Crippen LogP contribution in [0.4, 0.5) is 10.5 Å². The van der Waals surface area contributed by atoms with Crippen molar-refractivity contribution in [2.24, 2.45) is 0 Å². The smallest absolute Gasteiger partial charge is 0.325 e. The molecule has 1 aromatic rings. The van der Waals surface area contributed by atoms with Gasteiger partial charge in [0, 0.05) is 5.69 Å². The third-order valence-electron chi connectivity index (χ3n) is 1.75. The summed E-state index contributed by atoms with van der Waals surface area (Å²) in [6.07, 6.45) is 0. The van der Waals surface area contributed by atoms with E-state index >= 15 is 0 Å². The molecule has 1 aromatic carbocycles. The molecule has 80 valence electrons. The third kappa shape index (κ3) is 3.68. The van der Waals surface area contributed by atoms with Gasteiger partial charge in [-0.1, -0.05) is 18.2 Å². The summed E-state index contributed by atoms with van der Waals surface area (Å²) < 4.78 is 0. The molecule has 2 amide bonds. The van der Waals surface area contributed by atoms with E-state index in [0.29, 0.717) is 5.69 Å². The van der Waals surface area contributed by atoms with Gasteiger partial charge in [-0.25, -0.2) is 4.79 Å². The molecule has 0 aliphatic rings. The molecule has 1 unspecified atom stereocenters. The molecule has 0 fully saturated rings. The summed E-state index contributed by atoms with van der Waals surface area (Å²) in [6, 6.07) is 7.36. The molecule has 5 nitrogen and oxygen atoms in total. The van der Waals surface area contributed by atoms with Crippen molar-refractivity contribution in [1.82, 2.24) is 5.32 Å². The van der Waals surface area contributed by atoms with Crippen LogP contribution in [0.1, 0.15) is 6.92 Å². The molecule has 1 atom stereocenters. The number of hydrogen-bond acceptors (Lipinski definition) is 2. The number of benzene rings is 1. The third-order valence-corrected chi connectivity index (χ3v) is 1.75. The van der Waals surface area contributed by atoms with Crippen LogP contribution >= 0.6 is 0 Å². The number of anilines is 1. The minimum atomic E-state index is -1.07. The van der Waals surface area contributed by atoms with Gasteiger partial charge in [0.15, 0.2) is 0 Å². The first-order chi connectivity index (χ1) is 7.09. The van der Waals surface area contributed by atoms with Crippen LogP contribution in [0.5, 0.6) is 0 Å². The second-order valence-corrected chi connectivity index (χ2v) is 3.02. The summed E-state index contributed by atoms with van der Waals surface area (Å²) in [5, 5.41) is 13.3. The van der Waals surface area contributed by atoms with E-state index in [2.05, 4.69) is 10.6 Å². The molecule has 0 saturated carbocycles. The molecule has 0 spiro atoms. The highest BCUT2D eigenvalue weighted by Crippen LogP contribution is 2.04. The number of carbonyl (C=O) groups excluding carboxylic acids is 1. The highest BCUT2D eigenvalue weighted by Gasteiger charge is 2.13. The summed E-state index contributed by atoms with van der Waals surface area (Å²) in [5.74, 6) is -1.07. The van der Waals surface area contributed by atoms with E-state index in [0.717, 1.165) is 0 Å². The molecule has 5 heteroatoms. The van der Waals surface area contributed by atoms with Crippen LogP contribution in [0.2, 0.25) is 0 Å². The largest absolute Gasteiger partial charge is 0.480 e. The maximum Gasteiger partial charge on any atom is 0.325 e. The molecule has 0 heterocycles. The normalized spacial score (nSPS) is 11.5. The monoisotopic (exact) mass is 208 g/mol. The number of urea groups is 1. The van der Waals surface area contributed by atoms with Crippen LogP contribution in [-0.4, -0.2) is 23.1 Å². The van der Waals surface area contributed by atoms with Gasteiger partial charge in [-0.2, -0.15) is 0 Å². The van der Waals surface area contributed by atoms with Crippen LogP contribution in [0.15, 0.2) is 30.3 Å². The molecule has 3 N–H and O–H groups in total. The quantitative estimate of drug-likeness (QED) is 0.700. The molecule has 15 heavy (non-hydrogen) atoms. The first kappa shape index (κ1) is 11.0. The lowest BCUT2D eigenvalue weighted by Crippen LogP contribution is -2.40. The number of para-hydroxylation sites is 1. The Balaban J connectivity index is 2.47. The molecule has 0 aromatic heterocycles. The fourth-order valence-electron chi connectivity index (χ4n) is 0.947. The number of aliphatic carboxylic acids is 1. The molecule has 0 radical (unpaired) electrons. The average molecular weight is 208 g/mol. The molecular weight excluding hydrogens is 196 g/mol. The van der Waals surface area contributed by atoms with Crippen molar-refractivity contribution in [3.05, 3.63) is 30.3 Å². The van der Waals surface area contributed by atoms with E-state index in [4.69, 9.17) is 5.11 Å². The van der Waals surface area contributed by atoms with E-state index in [1.54, 1.807) is 24.3 Å². The minimum absolute atomic E-state index is 0.531. The Morgan fingerprint density at radius 1 is 1.27 bits per heavy atom. The number of hydrogen-bond donors (Lipinski definition) is 3. The SMILES string of the molecule is CC(NC(=O)Nc1ccccc1)C(=O)O. The van der Waals surface area contributed by atoms with Crippen LogP contribution < -0.4 is 10.6 Å². The summed E-state index contributed by atoms with van der Waals surface area (Å²) in [7, 11) is 0. The summed E-state index contributed by atoms with van der Waals surface area (Å²) in [4.78, 5) is 21.7. The Labute approximate surface area is 87.1 Å². The molecule has 0 bridgehead atoms. The first-order valence-corrected chi connectivity index (χ1v) is 4.45. The van der Waals surface area contributed by atoms with Crippen molar-refractivity contribution in [3.8, 4) is 0 Å². The first-order valence-electron chi connectivity index (χ1n) is 4.45. The Morgan fingerprint density at radius 3 is 2.40 bits per heavy atom. The van der Waals surface area contributed by atoms with Gasteiger partial charge >= 0.3 is 12.0 Å². The number of carboxylic acids is 1. The van der Waals surface area contributed by atoms with Crippen molar-refractivity contribution in [2.45, 2.75) is 13.0 Å². The highest BCUT2D eigenvalue weighted by molar-refractivity contribution is 5.92. The standard InChI is InChI=1S/C10H12N2O3/c1-7(9(13)14)11-10(15)12-8-5-3-2-4-6-8/h2-7H,1H3,(H,13,14)(H2,11,12,15). The van der Waals surface area contributed by atoms with Gasteiger partial charge in [-0.15, -0.1) is 0 Å². The Morgan fingerprint density at radius 2 is 1.87 bits per heavy atom. The van der Waals surface area contributed by atoms with Crippen LogP contribution in [0.25, 0.3) is 0 Å². The van der Waals surface area contributed by atoms with E-state index in [1.807, 2.05) is 6.07 Å². The average Bonchev–Trinajstić information content (AvgIpc) is 2.18. The molecular formula is C10H12N2O3. The van der Waals surface area contributed by atoms with E-state index in [-0.39, 0.29) is 0 Å². The van der Waals surface area contributed by atoms with E-state index in [9.17, 15) is 9.59 Å². The maximum atomic E-state index is 11.2. The highest BCUT2D eigenvalue weighted by atomic mass is 16.4. The number of carboxylic acid groups (broad SMARTS) is 1. The summed E-state index contributed by atoms with van der Waals surface area (Å²) in [6.45, 7) is 1.40. The van der Waals surface area contributed by atoms with Crippen LogP contribution in [0.3, 0.4) is 0 Å². The van der Waals surface area contributed by atoms with Gasteiger partial charge in [0.2, 0.25) is 0 Å². The zero-order chi connectivity index (χ0) is 11.3. The van der Waals surface area contributed by atoms with Crippen molar-refractivity contribution < 1.29 is 14.7 Å². The number of amides is 2. The predicted octanol–water partition coefficient (Wildman–Crippen LogP) is 1.28. The van der Waals surface area contributed by atoms with Gasteiger partial charge < -0.3 is 15.7 Å². The second kappa shape index (κ2) is 4.99. The fraction of sp³-hybridized carbons (Fsp3) is 0.200. The number of carbonyl (C=O) groups is 2. The fourth-order valence-corrected chi connectivity index (χ4v) is 0.947. The Hall–Kier alpha value is -2.04. The van der Waals surface area contributed by atoms with E-state index in [1.165, 1.54) is 6.92 Å². The second-order valence-electron chi connectivity index (χ2n) is 3.02. The number of nitrogens with one attached hydrogen (secondary N) is 2. The van der Waals surface area contributed by atoms with Crippen LogP contribution in [-0.2, 0) is 4.79 Å². The van der Waals surface area contributed by atoms with Gasteiger partial charge in [0.05, 0.1) is 0 Å². The van der Waals surface area contributed by atoms with Crippen molar-refractivity contribution in [3.63, 3.8) is 0 Å². The maximum absolute atomic E-state index is 11.2. The Kier molecular flexibility index (Phi) is 3.68. The zero-order valence-electron chi connectivity index (χ0n) is 8.23. The van der Waals surface area contributed by atoms with Gasteiger partial charge in [0.1, 0.15) is 6.04 Å². The number of rotatable bonds is 3. The molecule has 1 rings (SSSR count). The van der Waals surface area contributed by atoms with Crippen molar-refractivity contribution >= 4 is 17.7 Å². The van der Waals surface area contributed by atoms with Gasteiger partial charge in [0.25, 0.3) is 0 Å². The van der Waals surface area contributed by atoms with Crippen LogP contribution in [0, 0.1) is 0 Å². The lowest BCUT2D eigenvalue weighted by atomic mass is 10.3. The van der Waals surface area contributed by atoms with E-state index < -0.39 is 18.0 Å². The molecule has 0 saturated heterocycles. The van der Waals surface area contributed by atoms with Crippen molar-refractivity contribution in [2.75, 3.05) is 5.32 Å².